The van der Waals surface area contributed by atoms with E-state index in [4.69, 9.17) is 22.8 Å². The van der Waals surface area contributed by atoms with Crippen LogP contribution in [0.15, 0.2) is 24.3 Å². The fraction of sp³-hybridized carbons (Fsp3) is 0.100. The number of hydrogen-bond donors (Lipinski definition) is 0. The molecule has 0 aliphatic heterocycles. The maximum Gasteiger partial charge on any atom is 0.242 e. The lowest BCUT2D eigenvalue weighted by Crippen LogP contribution is -2.08. The smallest absolute Gasteiger partial charge is 0.242 e. The van der Waals surface area contributed by atoms with E-state index in [1.807, 2.05) is 5.92 Å². The second-order valence-corrected chi connectivity index (χ2v) is 2.75. The zero-order valence-electron chi connectivity index (χ0n) is 6.79. The van der Waals surface area contributed by atoms with Crippen LogP contribution in [0.3, 0.4) is 0 Å². The summed E-state index contributed by atoms with van der Waals surface area (Å²) in [5.74, 6) is 2.10. The van der Waals surface area contributed by atoms with Crippen molar-refractivity contribution in [1.29, 1.82) is 0 Å². The number of hydrogen-bond acceptors (Lipinski definition) is 2. The third kappa shape index (κ3) is 3.18. The number of halogens is 1. The Hall–Kier alpha value is -1.46. The van der Waals surface area contributed by atoms with Gasteiger partial charge in [-0.1, -0.05) is 17.7 Å². The maximum absolute atomic E-state index is 10.7. The van der Waals surface area contributed by atoms with E-state index in [1.165, 1.54) is 0 Å². The normalized spacial score (nSPS) is 8.92. The van der Waals surface area contributed by atoms with Gasteiger partial charge in [0.15, 0.2) is 6.61 Å². The molecule has 2 nitrogen and oxygen atoms in total. The molecule has 0 heterocycles. The highest BCUT2D eigenvalue weighted by molar-refractivity contribution is 6.30. The fourth-order valence-corrected chi connectivity index (χ4v) is 0.928. The van der Waals surface area contributed by atoms with Crippen molar-refractivity contribution in [3.05, 3.63) is 29.3 Å². The SMILES string of the molecule is C#CC(=O)COc1cccc(Cl)c1. The molecule has 0 aliphatic carbocycles. The van der Waals surface area contributed by atoms with E-state index in [1.54, 1.807) is 24.3 Å². The number of carbonyl (C=O) groups is 1. The Morgan fingerprint density at radius 1 is 1.62 bits per heavy atom. The van der Waals surface area contributed by atoms with Crippen LogP contribution in [0, 0.1) is 12.3 Å². The van der Waals surface area contributed by atoms with Gasteiger partial charge in [0.25, 0.3) is 0 Å². The van der Waals surface area contributed by atoms with E-state index in [2.05, 4.69) is 0 Å². The summed E-state index contributed by atoms with van der Waals surface area (Å²) in [5.41, 5.74) is 0. The highest BCUT2D eigenvalue weighted by Crippen LogP contribution is 2.16. The molecule has 0 aromatic heterocycles. The minimum absolute atomic E-state index is 0.114. The molecule has 0 atom stereocenters. The van der Waals surface area contributed by atoms with Crippen molar-refractivity contribution < 1.29 is 9.53 Å². The lowest BCUT2D eigenvalue weighted by atomic mass is 10.3. The summed E-state index contributed by atoms with van der Waals surface area (Å²) in [4.78, 5) is 10.7. The molecule has 0 radical (unpaired) electrons. The Bertz CT molecular complexity index is 352. The summed E-state index contributed by atoms with van der Waals surface area (Å²) in [7, 11) is 0. The first-order valence-electron chi connectivity index (χ1n) is 3.60. The maximum atomic E-state index is 10.7. The van der Waals surface area contributed by atoms with Crippen LogP contribution in [-0.2, 0) is 4.79 Å². The Morgan fingerprint density at radius 3 is 3.00 bits per heavy atom. The first-order chi connectivity index (χ1) is 6.22. The van der Waals surface area contributed by atoms with Crippen molar-refractivity contribution in [2.24, 2.45) is 0 Å². The molecule has 1 aromatic rings. The standard InChI is InChI=1S/C10H7ClO2/c1-2-9(12)7-13-10-5-3-4-8(11)6-10/h1,3-6H,7H2. The summed E-state index contributed by atoms with van der Waals surface area (Å²) >= 11 is 5.69. The van der Waals surface area contributed by atoms with Gasteiger partial charge in [-0.25, -0.2) is 0 Å². The lowest BCUT2D eigenvalue weighted by Gasteiger charge is -2.02. The highest BCUT2D eigenvalue weighted by atomic mass is 35.5. The van der Waals surface area contributed by atoms with Crippen molar-refractivity contribution >= 4 is 17.4 Å². The molecule has 0 aliphatic rings. The van der Waals surface area contributed by atoms with Crippen molar-refractivity contribution in [3.8, 4) is 18.1 Å². The van der Waals surface area contributed by atoms with Crippen molar-refractivity contribution in [2.45, 2.75) is 0 Å². The van der Waals surface area contributed by atoms with E-state index in [0.717, 1.165) is 0 Å². The average molecular weight is 195 g/mol. The molecule has 0 bridgehead atoms. The molecule has 3 heteroatoms. The topological polar surface area (TPSA) is 26.3 Å². The molecular weight excluding hydrogens is 188 g/mol. The number of benzene rings is 1. The molecular formula is C10H7ClO2. The van der Waals surface area contributed by atoms with Crippen LogP contribution in [0.1, 0.15) is 0 Å². The molecule has 0 fully saturated rings. The minimum atomic E-state index is -0.389. The van der Waals surface area contributed by atoms with Gasteiger partial charge in [0, 0.05) is 5.02 Å². The van der Waals surface area contributed by atoms with Crippen molar-refractivity contribution in [1.82, 2.24) is 0 Å². The van der Waals surface area contributed by atoms with E-state index < -0.39 is 0 Å². The summed E-state index contributed by atoms with van der Waals surface area (Å²) in [6.45, 7) is -0.114. The lowest BCUT2D eigenvalue weighted by molar-refractivity contribution is -0.115. The zero-order valence-corrected chi connectivity index (χ0v) is 7.54. The Morgan fingerprint density at radius 2 is 2.38 bits per heavy atom. The fourth-order valence-electron chi connectivity index (χ4n) is 0.747. The van der Waals surface area contributed by atoms with Gasteiger partial charge in [0.2, 0.25) is 5.78 Å². The van der Waals surface area contributed by atoms with Gasteiger partial charge in [-0.05, 0) is 24.1 Å². The van der Waals surface area contributed by atoms with E-state index in [-0.39, 0.29) is 12.4 Å². The number of ketones is 1. The van der Waals surface area contributed by atoms with Crippen LogP contribution < -0.4 is 4.74 Å². The van der Waals surface area contributed by atoms with Crippen LogP contribution >= 0.6 is 11.6 Å². The largest absolute Gasteiger partial charge is 0.485 e. The Kier molecular flexibility index (Phi) is 3.36. The van der Waals surface area contributed by atoms with Gasteiger partial charge in [-0.3, -0.25) is 4.79 Å². The van der Waals surface area contributed by atoms with Gasteiger partial charge < -0.3 is 4.74 Å². The van der Waals surface area contributed by atoms with Crippen molar-refractivity contribution in [3.63, 3.8) is 0 Å². The number of ether oxygens (including phenoxy) is 1. The number of terminal acetylenes is 1. The Labute approximate surface area is 81.5 Å². The predicted octanol–water partition coefficient (Wildman–Crippen LogP) is 1.92. The van der Waals surface area contributed by atoms with Gasteiger partial charge >= 0.3 is 0 Å². The Balaban J connectivity index is 2.56. The van der Waals surface area contributed by atoms with E-state index >= 15 is 0 Å². The molecule has 0 amide bonds. The second-order valence-electron chi connectivity index (χ2n) is 2.31. The van der Waals surface area contributed by atoms with E-state index in [0.29, 0.717) is 10.8 Å². The summed E-state index contributed by atoms with van der Waals surface area (Å²) in [6, 6.07) is 6.77. The third-order valence-electron chi connectivity index (χ3n) is 1.33. The second kappa shape index (κ2) is 4.54. The van der Waals surface area contributed by atoms with Gasteiger partial charge in [0.1, 0.15) is 5.75 Å². The van der Waals surface area contributed by atoms with Crippen LogP contribution in [-0.4, -0.2) is 12.4 Å². The molecule has 0 unspecified atom stereocenters. The average Bonchev–Trinajstić information content (AvgIpc) is 2.14. The molecule has 1 aromatic carbocycles. The first kappa shape index (κ1) is 9.63. The van der Waals surface area contributed by atoms with Gasteiger partial charge in [-0.2, -0.15) is 0 Å². The molecule has 0 saturated heterocycles. The van der Waals surface area contributed by atoms with Gasteiger partial charge in [0.05, 0.1) is 0 Å². The van der Waals surface area contributed by atoms with Crippen LogP contribution in [0.5, 0.6) is 5.75 Å². The van der Waals surface area contributed by atoms with Crippen LogP contribution in [0.25, 0.3) is 0 Å². The number of rotatable bonds is 3. The summed E-state index contributed by atoms with van der Waals surface area (Å²) in [5, 5.41) is 0.561. The zero-order chi connectivity index (χ0) is 9.68. The predicted molar refractivity (Wildman–Crippen MR) is 50.8 cm³/mol. The molecule has 0 N–H and O–H groups in total. The van der Waals surface area contributed by atoms with E-state index in [9.17, 15) is 4.79 Å². The highest BCUT2D eigenvalue weighted by Gasteiger charge is 1.98. The summed E-state index contributed by atoms with van der Waals surface area (Å²) in [6.07, 6.45) is 4.86. The van der Waals surface area contributed by atoms with Crippen LogP contribution in [0.4, 0.5) is 0 Å². The number of carbonyl (C=O) groups excluding carboxylic acids is 1. The molecule has 0 spiro atoms. The first-order valence-corrected chi connectivity index (χ1v) is 3.98. The summed E-state index contributed by atoms with van der Waals surface area (Å²) < 4.78 is 5.06. The monoisotopic (exact) mass is 194 g/mol. The third-order valence-corrected chi connectivity index (χ3v) is 1.56. The van der Waals surface area contributed by atoms with Crippen molar-refractivity contribution in [2.75, 3.05) is 6.61 Å². The molecule has 0 saturated carbocycles. The molecule has 66 valence electrons. The van der Waals surface area contributed by atoms with Crippen LogP contribution in [0.2, 0.25) is 5.02 Å². The molecule has 1 rings (SSSR count). The van der Waals surface area contributed by atoms with Gasteiger partial charge in [-0.15, -0.1) is 6.42 Å². The minimum Gasteiger partial charge on any atom is -0.485 e. The quantitative estimate of drug-likeness (QED) is 0.543. The number of Topliss-reactive ketones (excluding diaryl/α,β-unsaturated/α-hetero) is 1. The molecule has 13 heavy (non-hydrogen) atoms.